The van der Waals surface area contributed by atoms with Crippen molar-refractivity contribution in [3.8, 4) is 5.69 Å². The lowest BCUT2D eigenvalue weighted by Crippen LogP contribution is -2.51. The number of rotatable bonds is 5. The maximum absolute atomic E-state index is 13.3. The Balaban J connectivity index is 1.35. The molecule has 5 rings (SSSR count). The molecule has 1 saturated heterocycles. The molecule has 1 spiro atoms. The monoisotopic (exact) mass is 458 g/mol. The molecule has 1 aliphatic carbocycles. The van der Waals surface area contributed by atoms with Crippen LogP contribution in [0.3, 0.4) is 0 Å². The molecule has 176 valence electrons. The minimum Gasteiger partial charge on any atom is -0.378 e. The molecule has 0 bridgehead atoms. The molecule has 2 amide bonds. The van der Waals surface area contributed by atoms with Crippen molar-refractivity contribution in [3.63, 3.8) is 0 Å². The lowest BCUT2D eigenvalue weighted by molar-refractivity contribution is -0.123. The van der Waals surface area contributed by atoms with Crippen LogP contribution in [0, 0.1) is 0 Å². The largest absolute Gasteiger partial charge is 0.378 e. The van der Waals surface area contributed by atoms with Gasteiger partial charge in [-0.15, -0.1) is 0 Å². The van der Waals surface area contributed by atoms with E-state index in [2.05, 4.69) is 28.6 Å². The molecular weight excluding hydrogens is 428 g/mol. The van der Waals surface area contributed by atoms with E-state index >= 15 is 0 Å². The fraction of sp³-hybridized carbons (Fsp3) is 0.370. The molecule has 2 atom stereocenters. The number of aromatic nitrogens is 2. The van der Waals surface area contributed by atoms with Crippen molar-refractivity contribution >= 4 is 11.8 Å². The molecule has 1 aliphatic heterocycles. The number of carbonyl (C=O) groups excluding carboxylic acids is 2. The molecule has 1 aromatic heterocycles. The smallest absolute Gasteiger partial charge is 0.253 e. The highest BCUT2D eigenvalue weighted by molar-refractivity contribution is 5.94. The summed E-state index contributed by atoms with van der Waals surface area (Å²) in [5, 5.41) is 7.42. The number of fused-ring (bicyclic) bond motifs is 2. The van der Waals surface area contributed by atoms with Gasteiger partial charge in [0.2, 0.25) is 5.91 Å². The van der Waals surface area contributed by atoms with E-state index in [1.54, 1.807) is 18.0 Å². The molecule has 7 nitrogen and oxygen atoms in total. The number of nitrogens with zero attached hydrogens (tertiary/aromatic N) is 3. The lowest BCUT2D eigenvalue weighted by Gasteiger charge is -2.44. The number of likely N-dealkylation sites (tertiary alicyclic amines) is 1. The van der Waals surface area contributed by atoms with E-state index in [4.69, 9.17) is 4.74 Å². The minimum absolute atomic E-state index is 0.0186. The second kappa shape index (κ2) is 9.06. The van der Waals surface area contributed by atoms with Crippen LogP contribution in [0.5, 0.6) is 0 Å². The Morgan fingerprint density at radius 3 is 2.47 bits per heavy atom. The van der Waals surface area contributed by atoms with Crippen LogP contribution in [0.1, 0.15) is 53.7 Å². The number of hydrogen-bond acceptors (Lipinski definition) is 4. The van der Waals surface area contributed by atoms with Crippen molar-refractivity contribution in [2.24, 2.45) is 0 Å². The van der Waals surface area contributed by atoms with Crippen molar-refractivity contribution < 1.29 is 14.3 Å². The highest BCUT2D eigenvalue weighted by atomic mass is 16.5. The van der Waals surface area contributed by atoms with Crippen LogP contribution in [-0.4, -0.2) is 52.8 Å². The molecule has 2 aromatic carbocycles. The van der Waals surface area contributed by atoms with Gasteiger partial charge in [0.25, 0.3) is 5.91 Å². The van der Waals surface area contributed by atoms with E-state index in [1.807, 2.05) is 54.4 Å². The number of ether oxygens (including phenoxy) is 1. The number of hydrogen-bond donors (Lipinski definition) is 1. The molecule has 3 aromatic rings. The summed E-state index contributed by atoms with van der Waals surface area (Å²) in [7, 11) is 1.72. The maximum atomic E-state index is 13.3. The van der Waals surface area contributed by atoms with Crippen LogP contribution in [0.25, 0.3) is 5.69 Å². The molecule has 7 heteroatoms. The Labute approximate surface area is 199 Å². The summed E-state index contributed by atoms with van der Waals surface area (Å²) in [6.07, 6.45) is 5.46. The molecule has 1 N–H and O–H groups in total. The van der Waals surface area contributed by atoms with Crippen molar-refractivity contribution in [1.29, 1.82) is 0 Å². The third-order valence-corrected chi connectivity index (χ3v) is 7.40. The van der Waals surface area contributed by atoms with Gasteiger partial charge in [-0.3, -0.25) is 9.59 Å². The predicted octanol–water partition coefficient (Wildman–Crippen LogP) is 3.64. The molecule has 1 fully saturated rings. The first-order chi connectivity index (χ1) is 16.6. The van der Waals surface area contributed by atoms with Gasteiger partial charge in [-0.1, -0.05) is 31.2 Å². The van der Waals surface area contributed by atoms with E-state index in [9.17, 15) is 9.59 Å². The summed E-state index contributed by atoms with van der Waals surface area (Å²) in [4.78, 5) is 27.5. The van der Waals surface area contributed by atoms with Crippen LogP contribution in [-0.2, 0) is 14.9 Å². The van der Waals surface area contributed by atoms with E-state index in [-0.39, 0.29) is 29.4 Å². The number of piperidine rings is 1. The lowest BCUT2D eigenvalue weighted by atomic mass is 9.71. The highest BCUT2D eigenvalue weighted by Crippen LogP contribution is 2.52. The Hall–Kier alpha value is -3.45. The van der Waals surface area contributed by atoms with Crippen molar-refractivity contribution in [1.82, 2.24) is 20.0 Å². The molecule has 2 aliphatic rings. The minimum atomic E-state index is -0.224. The number of methoxy groups -OCH3 is 1. The van der Waals surface area contributed by atoms with Gasteiger partial charge < -0.3 is 15.0 Å². The number of nitrogens with one attached hydrogen (secondary N) is 1. The zero-order valence-corrected chi connectivity index (χ0v) is 19.6. The predicted molar refractivity (Wildman–Crippen MR) is 129 cm³/mol. The van der Waals surface area contributed by atoms with E-state index in [0.717, 1.165) is 24.1 Å². The maximum Gasteiger partial charge on any atom is 0.253 e. The summed E-state index contributed by atoms with van der Waals surface area (Å²) < 4.78 is 7.82. The van der Waals surface area contributed by atoms with Gasteiger partial charge in [0, 0.05) is 50.0 Å². The van der Waals surface area contributed by atoms with Gasteiger partial charge in [-0.2, -0.15) is 5.10 Å². The van der Waals surface area contributed by atoms with Gasteiger partial charge in [-0.25, -0.2) is 4.68 Å². The average Bonchev–Trinajstić information content (AvgIpc) is 3.51. The van der Waals surface area contributed by atoms with Gasteiger partial charge >= 0.3 is 0 Å². The second-order valence-corrected chi connectivity index (χ2v) is 9.09. The zero-order chi connectivity index (χ0) is 23.7. The first-order valence-corrected chi connectivity index (χ1v) is 11.9. The van der Waals surface area contributed by atoms with Gasteiger partial charge in [-0.05, 0) is 54.3 Å². The summed E-state index contributed by atoms with van der Waals surface area (Å²) >= 11 is 0. The molecule has 34 heavy (non-hydrogen) atoms. The number of benzene rings is 2. The van der Waals surface area contributed by atoms with Crippen molar-refractivity contribution in [3.05, 3.63) is 83.7 Å². The van der Waals surface area contributed by atoms with Gasteiger partial charge in [0.05, 0.1) is 17.8 Å². The highest BCUT2D eigenvalue weighted by Gasteiger charge is 2.54. The third kappa shape index (κ3) is 3.70. The first kappa shape index (κ1) is 22.3. The Morgan fingerprint density at radius 1 is 1.09 bits per heavy atom. The summed E-state index contributed by atoms with van der Waals surface area (Å²) in [5.74, 6) is 0.0584. The molecule has 2 heterocycles. The normalized spacial score (nSPS) is 20.8. The standard InChI is InChI=1S/C27H30N4O3/c1-3-23(32)29-24-21-7-4-5-8-22(21)27(25(24)34-2)13-17-30(18-14-27)26(33)19-9-11-20(12-10-19)31-16-6-15-28-31/h4-12,15-16,24-25H,3,13-14,17-18H2,1-2H3,(H,29,32)/t24-,25+/m1/s1. The summed E-state index contributed by atoms with van der Waals surface area (Å²) in [6.45, 7) is 3.14. The zero-order valence-electron chi connectivity index (χ0n) is 19.6. The van der Waals surface area contributed by atoms with E-state index in [1.165, 1.54) is 5.56 Å². The average molecular weight is 459 g/mol. The van der Waals surface area contributed by atoms with Crippen LogP contribution in [0.4, 0.5) is 0 Å². The van der Waals surface area contributed by atoms with E-state index in [0.29, 0.717) is 25.1 Å². The van der Waals surface area contributed by atoms with Crippen molar-refractivity contribution in [2.75, 3.05) is 20.2 Å². The Morgan fingerprint density at radius 2 is 1.82 bits per heavy atom. The number of amides is 2. The SMILES string of the molecule is CCC(=O)N[C@@H]1c2ccccc2C2(CCN(C(=O)c3ccc(-n4cccn4)cc3)CC2)[C@H]1OC. The van der Waals surface area contributed by atoms with Gasteiger partial charge in [0.15, 0.2) is 0 Å². The molecular formula is C27H30N4O3. The molecule has 0 saturated carbocycles. The Kier molecular flexibility index (Phi) is 5.96. The van der Waals surface area contributed by atoms with E-state index < -0.39 is 0 Å². The van der Waals surface area contributed by atoms with Crippen molar-refractivity contribution in [2.45, 2.75) is 43.7 Å². The van der Waals surface area contributed by atoms with Crippen LogP contribution in [0.15, 0.2) is 67.0 Å². The Bertz CT molecular complexity index is 1160. The quantitative estimate of drug-likeness (QED) is 0.633. The topological polar surface area (TPSA) is 76.5 Å². The summed E-state index contributed by atoms with van der Waals surface area (Å²) in [5.41, 5.74) is 3.74. The number of carbonyl (C=O) groups is 2. The third-order valence-electron chi connectivity index (χ3n) is 7.40. The first-order valence-electron chi connectivity index (χ1n) is 11.9. The fourth-order valence-electron chi connectivity index (χ4n) is 5.67. The van der Waals surface area contributed by atoms with Crippen LogP contribution < -0.4 is 5.32 Å². The van der Waals surface area contributed by atoms with Crippen LogP contribution >= 0.6 is 0 Å². The fourth-order valence-corrected chi connectivity index (χ4v) is 5.67. The summed E-state index contributed by atoms with van der Waals surface area (Å²) in [6, 6.07) is 17.6. The molecule has 0 radical (unpaired) electrons. The van der Waals surface area contributed by atoms with Gasteiger partial charge in [0.1, 0.15) is 0 Å². The van der Waals surface area contributed by atoms with Crippen LogP contribution in [0.2, 0.25) is 0 Å². The second-order valence-electron chi connectivity index (χ2n) is 9.09. The molecule has 0 unspecified atom stereocenters.